The fourth-order valence-electron chi connectivity index (χ4n) is 3.81. The molecule has 1 atom stereocenters. The molecule has 28 heavy (non-hydrogen) atoms. The van der Waals surface area contributed by atoms with Crippen LogP contribution in [0, 0.1) is 0 Å². The zero-order valence-corrected chi connectivity index (χ0v) is 17.2. The molecule has 2 heterocycles. The van der Waals surface area contributed by atoms with Crippen molar-refractivity contribution in [2.24, 2.45) is 0 Å². The number of amides is 1. The first kappa shape index (κ1) is 20.6. The molecule has 0 radical (unpaired) electrons. The van der Waals surface area contributed by atoms with E-state index in [9.17, 15) is 4.79 Å². The summed E-state index contributed by atoms with van der Waals surface area (Å²) in [5, 5.41) is 8.29. The van der Waals surface area contributed by atoms with Gasteiger partial charge in [-0.2, -0.15) is 5.10 Å². The number of ether oxygens (including phenoxy) is 1. The predicted octanol–water partition coefficient (Wildman–Crippen LogP) is 2.64. The van der Waals surface area contributed by atoms with Crippen LogP contribution in [0.5, 0.6) is 0 Å². The van der Waals surface area contributed by atoms with Crippen molar-refractivity contribution in [2.75, 3.05) is 26.8 Å². The molecule has 1 aliphatic rings. The lowest BCUT2D eigenvalue weighted by atomic mass is 9.91. The van der Waals surface area contributed by atoms with Gasteiger partial charge in [-0.3, -0.25) is 9.48 Å². The summed E-state index contributed by atoms with van der Waals surface area (Å²) in [5.41, 5.74) is 2.91. The monoisotopic (exact) mass is 388 g/mol. The quantitative estimate of drug-likeness (QED) is 0.634. The summed E-state index contributed by atoms with van der Waals surface area (Å²) in [6, 6.07) is 4.10. The first-order valence-corrected chi connectivity index (χ1v) is 10.3. The van der Waals surface area contributed by atoms with Crippen LogP contribution in [-0.4, -0.2) is 53.4 Å². The third-order valence-corrected chi connectivity index (χ3v) is 5.27. The largest absolute Gasteiger partial charge is 0.467 e. The van der Waals surface area contributed by atoms with Gasteiger partial charge in [0, 0.05) is 44.1 Å². The van der Waals surface area contributed by atoms with Crippen molar-refractivity contribution in [3.05, 3.63) is 41.1 Å². The van der Waals surface area contributed by atoms with E-state index in [1.54, 1.807) is 18.2 Å². The summed E-state index contributed by atoms with van der Waals surface area (Å²) in [5.74, 6) is 0.727. The number of carbonyl (C=O) groups excluding carboxylic acids is 1. The molecule has 0 saturated heterocycles. The number of fused-ring (bicyclic) bond motifs is 1. The van der Waals surface area contributed by atoms with Crippen LogP contribution in [0.2, 0.25) is 0 Å². The smallest absolute Gasteiger partial charge is 0.274 e. The lowest BCUT2D eigenvalue weighted by molar-refractivity contribution is 0.0767. The molecule has 2 aromatic heterocycles. The maximum absolute atomic E-state index is 13.1. The predicted molar refractivity (Wildman–Crippen MR) is 107 cm³/mol. The number of furan rings is 1. The highest BCUT2D eigenvalue weighted by Gasteiger charge is 2.30. The zero-order chi connectivity index (χ0) is 19.9. The fourth-order valence-corrected chi connectivity index (χ4v) is 3.81. The van der Waals surface area contributed by atoms with Crippen molar-refractivity contribution in [1.29, 1.82) is 0 Å². The Bertz CT molecular complexity index is 754. The molecule has 7 nitrogen and oxygen atoms in total. The van der Waals surface area contributed by atoms with E-state index in [0.717, 1.165) is 63.3 Å². The molecule has 154 valence electrons. The van der Waals surface area contributed by atoms with Crippen LogP contribution in [0.4, 0.5) is 0 Å². The summed E-state index contributed by atoms with van der Waals surface area (Å²) < 4.78 is 12.8. The minimum atomic E-state index is -0.0446. The maximum atomic E-state index is 13.1. The highest BCUT2D eigenvalue weighted by atomic mass is 16.5. The topological polar surface area (TPSA) is 72.5 Å². The van der Waals surface area contributed by atoms with Gasteiger partial charge in [0.2, 0.25) is 0 Å². The van der Waals surface area contributed by atoms with Crippen molar-refractivity contribution >= 4 is 5.91 Å². The number of aromatic nitrogens is 2. The van der Waals surface area contributed by atoms with Crippen LogP contribution in [-0.2, 0) is 30.7 Å². The Hall–Kier alpha value is -2.12. The van der Waals surface area contributed by atoms with Gasteiger partial charge in [0.15, 0.2) is 5.69 Å². The molecular formula is C21H32N4O3. The Balaban J connectivity index is 1.68. The molecule has 3 rings (SSSR count). The molecule has 1 aliphatic carbocycles. The van der Waals surface area contributed by atoms with Gasteiger partial charge < -0.3 is 19.4 Å². The molecular weight excluding hydrogens is 356 g/mol. The van der Waals surface area contributed by atoms with E-state index < -0.39 is 0 Å². The summed E-state index contributed by atoms with van der Waals surface area (Å²) >= 11 is 0. The van der Waals surface area contributed by atoms with Gasteiger partial charge in [0.25, 0.3) is 5.91 Å². The molecule has 0 aliphatic heterocycles. The fraction of sp³-hybridized carbons (Fsp3) is 0.619. The lowest BCUT2D eigenvalue weighted by Crippen LogP contribution is -2.36. The number of carbonyl (C=O) groups is 1. The summed E-state index contributed by atoms with van der Waals surface area (Å²) in [7, 11) is 1.80. The second kappa shape index (κ2) is 9.89. The molecule has 0 saturated carbocycles. The molecule has 7 heteroatoms. The first-order chi connectivity index (χ1) is 13.6. The van der Waals surface area contributed by atoms with E-state index in [-0.39, 0.29) is 5.91 Å². The number of rotatable bonds is 10. The number of hydrogen-bond donors (Lipinski definition) is 1. The maximum Gasteiger partial charge on any atom is 0.274 e. The van der Waals surface area contributed by atoms with Crippen molar-refractivity contribution in [2.45, 2.75) is 58.7 Å². The number of hydrogen-bond acceptors (Lipinski definition) is 5. The van der Waals surface area contributed by atoms with Gasteiger partial charge in [-0.05, 0) is 58.2 Å². The molecule has 0 aromatic carbocycles. The third-order valence-electron chi connectivity index (χ3n) is 5.27. The average molecular weight is 389 g/mol. The Labute approximate surface area is 167 Å². The molecule has 2 aromatic rings. The Morgan fingerprint density at radius 3 is 3.04 bits per heavy atom. The molecule has 1 amide bonds. The van der Waals surface area contributed by atoms with Crippen molar-refractivity contribution in [1.82, 2.24) is 20.0 Å². The van der Waals surface area contributed by atoms with E-state index >= 15 is 0 Å². The summed E-state index contributed by atoms with van der Waals surface area (Å²) in [4.78, 5) is 14.8. The van der Waals surface area contributed by atoms with Crippen LogP contribution in [0.25, 0.3) is 0 Å². The summed E-state index contributed by atoms with van der Waals surface area (Å²) in [6.07, 6.45) is 5.50. The third kappa shape index (κ3) is 4.83. The molecule has 1 unspecified atom stereocenters. The van der Waals surface area contributed by atoms with E-state index in [0.29, 0.717) is 18.3 Å². The molecule has 0 spiro atoms. The van der Waals surface area contributed by atoms with E-state index in [2.05, 4.69) is 17.3 Å². The Morgan fingerprint density at radius 1 is 1.46 bits per heavy atom. The lowest BCUT2D eigenvalue weighted by Gasteiger charge is -2.25. The normalized spacial score (nSPS) is 16.2. The number of aryl methyl sites for hydroxylation is 1. The average Bonchev–Trinajstić information content (AvgIpc) is 3.34. The van der Waals surface area contributed by atoms with Gasteiger partial charge in [-0.15, -0.1) is 0 Å². The highest BCUT2D eigenvalue weighted by molar-refractivity contribution is 5.94. The van der Waals surface area contributed by atoms with Crippen LogP contribution in [0.15, 0.2) is 22.8 Å². The SMILES string of the molecule is CCOCCCNC1CCc2c(c(C(=O)N(C)Cc3ccco3)nn2CC)C1. The second-order valence-electron chi connectivity index (χ2n) is 7.27. The molecule has 0 fully saturated rings. The van der Waals surface area contributed by atoms with Crippen molar-refractivity contribution < 1.29 is 13.9 Å². The minimum Gasteiger partial charge on any atom is -0.467 e. The van der Waals surface area contributed by atoms with Crippen molar-refractivity contribution in [3.8, 4) is 0 Å². The van der Waals surface area contributed by atoms with Gasteiger partial charge in [-0.1, -0.05) is 0 Å². The zero-order valence-electron chi connectivity index (χ0n) is 17.2. The first-order valence-electron chi connectivity index (χ1n) is 10.3. The highest BCUT2D eigenvalue weighted by Crippen LogP contribution is 2.26. The van der Waals surface area contributed by atoms with Crippen LogP contribution in [0.1, 0.15) is 54.2 Å². The van der Waals surface area contributed by atoms with Crippen LogP contribution >= 0.6 is 0 Å². The van der Waals surface area contributed by atoms with Gasteiger partial charge in [0.05, 0.1) is 12.8 Å². The van der Waals surface area contributed by atoms with E-state index in [1.165, 1.54) is 5.69 Å². The molecule has 1 N–H and O–H groups in total. The number of nitrogens with zero attached hydrogens (tertiary/aromatic N) is 3. The Kier molecular flexibility index (Phi) is 7.28. The van der Waals surface area contributed by atoms with E-state index in [4.69, 9.17) is 9.15 Å². The molecule has 0 bridgehead atoms. The van der Waals surface area contributed by atoms with Crippen LogP contribution < -0.4 is 5.32 Å². The Morgan fingerprint density at radius 2 is 2.32 bits per heavy atom. The summed E-state index contributed by atoms with van der Waals surface area (Å²) in [6.45, 7) is 7.80. The van der Waals surface area contributed by atoms with Gasteiger partial charge in [-0.25, -0.2) is 0 Å². The van der Waals surface area contributed by atoms with Crippen LogP contribution in [0.3, 0.4) is 0 Å². The standard InChI is InChI=1S/C21H32N4O3/c1-4-25-19-10-9-16(22-11-7-12-27-5-2)14-18(19)20(23-25)21(26)24(3)15-17-8-6-13-28-17/h6,8,13,16,22H,4-5,7,9-12,14-15H2,1-3H3. The van der Waals surface area contributed by atoms with E-state index in [1.807, 2.05) is 23.7 Å². The number of nitrogens with one attached hydrogen (secondary N) is 1. The van der Waals surface area contributed by atoms with Gasteiger partial charge in [0.1, 0.15) is 5.76 Å². The van der Waals surface area contributed by atoms with Crippen molar-refractivity contribution in [3.63, 3.8) is 0 Å². The van der Waals surface area contributed by atoms with Gasteiger partial charge >= 0.3 is 0 Å². The minimum absolute atomic E-state index is 0.0446. The second-order valence-corrected chi connectivity index (χ2v) is 7.27.